The van der Waals surface area contributed by atoms with Crippen LogP contribution in [0.15, 0.2) is 12.7 Å². The summed E-state index contributed by atoms with van der Waals surface area (Å²) in [5.74, 6) is -0.943. The Labute approximate surface area is 115 Å². The van der Waals surface area contributed by atoms with Crippen LogP contribution in [0.5, 0.6) is 0 Å². The number of aliphatic carboxylic acids is 1. The van der Waals surface area contributed by atoms with E-state index in [9.17, 15) is 9.59 Å². The zero-order valence-corrected chi connectivity index (χ0v) is 12.0. The molecule has 0 aliphatic heterocycles. The highest BCUT2D eigenvalue weighted by molar-refractivity contribution is 7.78. The van der Waals surface area contributed by atoms with Gasteiger partial charge in [-0.05, 0) is 12.5 Å². The third-order valence-electron chi connectivity index (χ3n) is 2.29. The fraction of sp³-hybridized carbons (Fsp3) is 0.692. The minimum atomic E-state index is -0.663. The second-order valence-corrected chi connectivity index (χ2v) is 4.17. The molecule has 1 amide bonds. The standard InChI is InChI=1S/C10H20O2.C3H5NOS/c1-2-3-4-5-6-7-8-9-10(11)12;1-2-3(5)4-6/h2-9H2,1H3,(H,11,12);2,6H,1H2,(H,4,5). The normalized spacial score (nSPS) is 9.00. The van der Waals surface area contributed by atoms with Crippen molar-refractivity contribution in [1.82, 2.24) is 4.72 Å². The molecule has 4 nitrogen and oxygen atoms in total. The molecule has 0 rings (SSSR count). The second kappa shape index (κ2) is 16.0. The molecule has 0 fully saturated rings. The number of amides is 1. The summed E-state index contributed by atoms with van der Waals surface area (Å²) in [6, 6.07) is 0. The maximum Gasteiger partial charge on any atom is 0.303 e. The molecule has 0 heterocycles. The molecule has 5 heteroatoms. The molecule has 18 heavy (non-hydrogen) atoms. The van der Waals surface area contributed by atoms with Crippen LogP contribution in [0.2, 0.25) is 0 Å². The van der Waals surface area contributed by atoms with E-state index in [4.69, 9.17) is 5.11 Å². The van der Waals surface area contributed by atoms with E-state index in [0.717, 1.165) is 18.9 Å². The number of unbranched alkanes of at least 4 members (excludes halogenated alkanes) is 6. The van der Waals surface area contributed by atoms with Gasteiger partial charge in [-0.1, -0.05) is 64.8 Å². The average molecular weight is 275 g/mol. The number of carboxylic acids is 1. The minimum Gasteiger partial charge on any atom is -0.481 e. The van der Waals surface area contributed by atoms with Crippen LogP contribution in [0.4, 0.5) is 0 Å². The van der Waals surface area contributed by atoms with Crippen molar-refractivity contribution in [1.29, 1.82) is 0 Å². The first kappa shape index (κ1) is 19.4. The lowest BCUT2D eigenvalue weighted by Gasteiger charge is -1.98. The number of carbonyl (C=O) groups excluding carboxylic acids is 1. The van der Waals surface area contributed by atoms with Crippen molar-refractivity contribution >= 4 is 24.7 Å². The topological polar surface area (TPSA) is 66.4 Å². The predicted octanol–water partition coefficient (Wildman–Crippen LogP) is 3.35. The summed E-state index contributed by atoms with van der Waals surface area (Å²) in [6.07, 6.45) is 9.79. The third kappa shape index (κ3) is 20.4. The fourth-order valence-corrected chi connectivity index (χ4v) is 1.37. The number of thiol groups is 1. The summed E-state index contributed by atoms with van der Waals surface area (Å²) in [6.45, 7) is 5.37. The molecule has 2 N–H and O–H groups in total. The van der Waals surface area contributed by atoms with Crippen LogP contribution < -0.4 is 4.72 Å². The molecule has 0 unspecified atom stereocenters. The number of hydrogen-bond acceptors (Lipinski definition) is 3. The monoisotopic (exact) mass is 275 g/mol. The highest BCUT2D eigenvalue weighted by atomic mass is 32.1. The number of hydrogen-bond donors (Lipinski definition) is 3. The summed E-state index contributed by atoms with van der Waals surface area (Å²) >= 11 is 3.42. The van der Waals surface area contributed by atoms with Gasteiger partial charge in [-0.25, -0.2) is 0 Å². The molecule has 0 saturated carbocycles. The first-order valence-corrected chi connectivity index (χ1v) is 6.81. The molecule has 0 aliphatic rings. The van der Waals surface area contributed by atoms with Gasteiger partial charge in [0.25, 0.3) is 5.91 Å². The Morgan fingerprint density at radius 3 is 2.00 bits per heavy atom. The molecule has 0 radical (unpaired) electrons. The molecule has 106 valence electrons. The zero-order chi connectivity index (χ0) is 14.2. The van der Waals surface area contributed by atoms with Crippen LogP contribution in [-0.2, 0) is 9.59 Å². The van der Waals surface area contributed by atoms with Crippen LogP contribution >= 0.6 is 12.8 Å². The Bertz CT molecular complexity index is 232. The Morgan fingerprint density at radius 1 is 1.17 bits per heavy atom. The molecule has 0 atom stereocenters. The molecule has 0 saturated heterocycles. The summed E-state index contributed by atoms with van der Waals surface area (Å²) < 4.78 is 2.05. The quantitative estimate of drug-likeness (QED) is 0.343. The van der Waals surface area contributed by atoms with Gasteiger partial charge in [0.05, 0.1) is 0 Å². The van der Waals surface area contributed by atoms with E-state index in [1.807, 2.05) is 0 Å². The maximum absolute atomic E-state index is 10.1. The lowest BCUT2D eigenvalue weighted by atomic mass is 10.1. The fourth-order valence-electron chi connectivity index (χ4n) is 1.28. The van der Waals surface area contributed by atoms with Crippen molar-refractivity contribution in [3.05, 3.63) is 12.7 Å². The lowest BCUT2D eigenvalue weighted by molar-refractivity contribution is -0.137. The van der Waals surface area contributed by atoms with Gasteiger partial charge >= 0.3 is 5.97 Å². The molecule has 0 spiro atoms. The number of nitrogens with one attached hydrogen (secondary N) is 1. The Hall–Kier alpha value is -0.970. The Morgan fingerprint density at radius 2 is 1.67 bits per heavy atom. The zero-order valence-electron chi connectivity index (χ0n) is 11.2. The lowest BCUT2D eigenvalue weighted by Crippen LogP contribution is -2.06. The van der Waals surface area contributed by atoms with Crippen molar-refractivity contribution in [2.45, 2.75) is 58.3 Å². The summed E-state index contributed by atoms with van der Waals surface area (Å²) in [5.41, 5.74) is 0. The van der Waals surface area contributed by atoms with E-state index in [0.29, 0.717) is 6.42 Å². The number of rotatable bonds is 9. The summed E-state index contributed by atoms with van der Waals surface area (Å²) in [4.78, 5) is 20.0. The van der Waals surface area contributed by atoms with Crippen LogP contribution in [0.1, 0.15) is 58.3 Å². The van der Waals surface area contributed by atoms with E-state index < -0.39 is 5.97 Å². The van der Waals surface area contributed by atoms with E-state index in [1.165, 1.54) is 32.1 Å². The minimum absolute atomic E-state index is 0.279. The SMILES string of the molecule is C=CC(=O)NS.CCCCCCCCCC(=O)O. The van der Waals surface area contributed by atoms with Gasteiger partial charge in [0.2, 0.25) is 0 Å². The smallest absolute Gasteiger partial charge is 0.303 e. The molecule has 0 bridgehead atoms. The van der Waals surface area contributed by atoms with Crippen molar-refractivity contribution in [2.24, 2.45) is 0 Å². The van der Waals surface area contributed by atoms with Gasteiger partial charge < -0.3 is 5.11 Å². The highest BCUT2D eigenvalue weighted by Gasteiger charge is 1.95. The van der Waals surface area contributed by atoms with Crippen LogP contribution in [0.25, 0.3) is 0 Å². The van der Waals surface area contributed by atoms with Gasteiger partial charge in [-0.2, -0.15) is 0 Å². The van der Waals surface area contributed by atoms with Crippen molar-refractivity contribution < 1.29 is 14.7 Å². The molecular formula is C13H25NO3S. The number of carboxylic acid groups (broad SMARTS) is 1. The highest BCUT2D eigenvalue weighted by Crippen LogP contribution is 2.07. The Kier molecular flexibility index (Phi) is 17.3. The van der Waals surface area contributed by atoms with E-state index in [1.54, 1.807) is 0 Å². The van der Waals surface area contributed by atoms with Crippen LogP contribution in [0, 0.1) is 0 Å². The molecule has 0 aromatic heterocycles. The van der Waals surface area contributed by atoms with Gasteiger partial charge in [0, 0.05) is 6.42 Å². The molecule has 0 aromatic rings. The van der Waals surface area contributed by atoms with Crippen LogP contribution in [0.3, 0.4) is 0 Å². The molecule has 0 aromatic carbocycles. The van der Waals surface area contributed by atoms with Gasteiger partial charge in [0.1, 0.15) is 0 Å². The van der Waals surface area contributed by atoms with Gasteiger partial charge in [-0.15, -0.1) is 0 Å². The van der Waals surface area contributed by atoms with Crippen molar-refractivity contribution in [3.63, 3.8) is 0 Å². The first-order chi connectivity index (χ1) is 8.58. The van der Waals surface area contributed by atoms with E-state index in [-0.39, 0.29) is 5.91 Å². The van der Waals surface area contributed by atoms with Crippen molar-refractivity contribution in [3.8, 4) is 0 Å². The van der Waals surface area contributed by atoms with Gasteiger partial charge in [-0.3, -0.25) is 14.3 Å². The molecular weight excluding hydrogens is 250 g/mol. The van der Waals surface area contributed by atoms with E-state index in [2.05, 4.69) is 31.0 Å². The van der Waals surface area contributed by atoms with Crippen molar-refractivity contribution in [2.75, 3.05) is 0 Å². The first-order valence-electron chi connectivity index (χ1n) is 6.36. The summed E-state index contributed by atoms with van der Waals surface area (Å²) in [5, 5.41) is 8.35. The summed E-state index contributed by atoms with van der Waals surface area (Å²) in [7, 11) is 0. The maximum atomic E-state index is 10.1. The average Bonchev–Trinajstić information content (AvgIpc) is 2.37. The Balaban J connectivity index is 0. The predicted molar refractivity (Wildman–Crippen MR) is 77.6 cm³/mol. The second-order valence-electron chi connectivity index (χ2n) is 3.95. The molecule has 0 aliphatic carbocycles. The van der Waals surface area contributed by atoms with E-state index >= 15 is 0 Å². The third-order valence-corrected chi connectivity index (χ3v) is 2.51. The number of carbonyl (C=O) groups is 2. The largest absolute Gasteiger partial charge is 0.481 e. The van der Waals surface area contributed by atoms with Gasteiger partial charge in [0.15, 0.2) is 0 Å². The van der Waals surface area contributed by atoms with Crippen LogP contribution in [-0.4, -0.2) is 17.0 Å².